The summed E-state index contributed by atoms with van der Waals surface area (Å²) >= 11 is 0. The molecule has 0 radical (unpaired) electrons. The van der Waals surface area contributed by atoms with Crippen LogP contribution in [0.1, 0.15) is 5.56 Å². The lowest BCUT2D eigenvalue weighted by atomic mass is 10.1. The van der Waals surface area contributed by atoms with Gasteiger partial charge in [0.15, 0.2) is 11.7 Å². The highest BCUT2D eigenvalue weighted by Crippen LogP contribution is 2.38. The van der Waals surface area contributed by atoms with Gasteiger partial charge in [-0.1, -0.05) is 0 Å². The number of H-pyrrole nitrogens is 1. The zero-order valence-electron chi connectivity index (χ0n) is 11.1. The van der Waals surface area contributed by atoms with Crippen LogP contribution in [0.2, 0.25) is 0 Å². The first-order chi connectivity index (χ1) is 10.4. The molecule has 6 heteroatoms. The lowest BCUT2D eigenvalue weighted by Gasteiger charge is -2.27. The molecule has 2 aromatic heterocycles. The van der Waals surface area contributed by atoms with E-state index in [4.69, 9.17) is 4.74 Å². The minimum absolute atomic E-state index is 0.577. The van der Waals surface area contributed by atoms with Gasteiger partial charge in [-0.3, -0.25) is 0 Å². The molecule has 0 aliphatic carbocycles. The van der Waals surface area contributed by atoms with Gasteiger partial charge in [0.1, 0.15) is 18.5 Å². The Labute approximate surface area is 120 Å². The largest absolute Gasteiger partial charge is 0.475 e. The number of hydrogen-bond donors (Lipinski definition) is 1. The first-order valence-electron chi connectivity index (χ1n) is 6.82. The van der Waals surface area contributed by atoms with Crippen LogP contribution in [0.3, 0.4) is 0 Å². The number of aliphatic imine (C=N–C) groups is 1. The van der Waals surface area contributed by atoms with E-state index in [1.54, 1.807) is 0 Å². The summed E-state index contributed by atoms with van der Waals surface area (Å²) in [6, 6.07) is 8.40. The van der Waals surface area contributed by atoms with E-state index in [-0.39, 0.29) is 0 Å². The summed E-state index contributed by atoms with van der Waals surface area (Å²) in [4.78, 5) is 18.2. The minimum atomic E-state index is 0.577. The molecule has 0 unspecified atom stereocenters. The number of aromatic amines is 1. The van der Waals surface area contributed by atoms with Crippen LogP contribution in [-0.2, 0) is 0 Å². The highest BCUT2D eigenvalue weighted by atomic mass is 16.5. The van der Waals surface area contributed by atoms with Crippen LogP contribution in [0.25, 0.3) is 10.9 Å². The van der Waals surface area contributed by atoms with Crippen molar-refractivity contribution in [3.05, 3.63) is 42.4 Å². The number of nitrogens with zero attached hydrogens (tertiary/aromatic N) is 4. The number of benzene rings is 1. The maximum absolute atomic E-state index is 5.70. The summed E-state index contributed by atoms with van der Waals surface area (Å²) in [7, 11) is 0. The van der Waals surface area contributed by atoms with Crippen LogP contribution in [0, 0.1) is 0 Å². The van der Waals surface area contributed by atoms with E-state index in [1.807, 2.05) is 6.20 Å². The number of amidine groups is 1. The van der Waals surface area contributed by atoms with Crippen LogP contribution in [0.5, 0.6) is 5.88 Å². The van der Waals surface area contributed by atoms with Crippen molar-refractivity contribution < 1.29 is 4.74 Å². The molecule has 0 saturated heterocycles. The predicted molar refractivity (Wildman–Crippen MR) is 79.4 cm³/mol. The van der Waals surface area contributed by atoms with Gasteiger partial charge in [-0.2, -0.15) is 0 Å². The zero-order valence-corrected chi connectivity index (χ0v) is 11.1. The van der Waals surface area contributed by atoms with Gasteiger partial charge >= 0.3 is 0 Å². The fraction of sp³-hybridized carbons (Fsp3) is 0.133. The molecule has 4 heterocycles. The summed E-state index contributed by atoms with van der Waals surface area (Å²) in [5, 5.41) is 1.18. The SMILES string of the molecule is c1nc2c3c(n1)OCCN(c1ccc4[nH]ccc4c1)C3=N2. The molecule has 0 spiro atoms. The lowest BCUT2D eigenvalue weighted by molar-refractivity contribution is 0.319. The summed E-state index contributed by atoms with van der Waals surface area (Å²) in [5.74, 6) is 2.24. The van der Waals surface area contributed by atoms with Gasteiger partial charge < -0.3 is 14.6 Å². The van der Waals surface area contributed by atoms with Crippen molar-refractivity contribution in [3.63, 3.8) is 0 Å². The molecule has 21 heavy (non-hydrogen) atoms. The normalized spacial score (nSPS) is 15.8. The Hall–Kier alpha value is -2.89. The van der Waals surface area contributed by atoms with Gasteiger partial charge in [0.05, 0.1) is 6.54 Å². The highest BCUT2D eigenvalue weighted by molar-refractivity contribution is 6.20. The Morgan fingerprint density at radius 2 is 2.19 bits per heavy atom. The van der Waals surface area contributed by atoms with E-state index < -0.39 is 0 Å². The Balaban J connectivity index is 1.64. The van der Waals surface area contributed by atoms with Crippen LogP contribution < -0.4 is 9.64 Å². The summed E-state index contributed by atoms with van der Waals surface area (Å²) in [5.41, 5.74) is 3.15. The van der Waals surface area contributed by atoms with E-state index in [9.17, 15) is 0 Å². The average molecular weight is 277 g/mol. The summed E-state index contributed by atoms with van der Waals surface area (Å²) in [6.07, 6.45) is 3.44. The van der Waals surface area contributed by atoms with E-state index in [1.165, 1.54) is 11.7 Å². The van der Waals surface area contributed by atoms with Crippen molar-refractivity contribution in [1.82, 2.24) is 15.0 Å². The van der Waals surface area contributed by atoms with Gasteiger partial charge in [-0.15, -0.1) is 0 Å². The maximum atomic E-state index is 5.70. The molecule has 0 atom stereocenters. The number of rotatable bonds is 1. The number of ether oxygens (including phenoxy) is 1. The second-order valence-corrected chi connectivity index (χ2v) is 5.06. The average Bonchev–Trinajstić information content (AvgIpc) is 2.86. The third kappa shape index (κ3) is 1.44. The second kappa shape index (κ2) is 3.82. The van der Waals surface area contributed by atoms with Crippen molar-refractivity contribution in [2.45, 2.75) is 0 Å². The monoisotopic (exact) mass is 277 g/mol. The Kier molecular flexibility index (Phi) is 1.97. The molecule has 0 saturated carbocycles. The Morgan fingerprint density at radius 1 is 1.19 bits per heavy atom. The van der Waals surface area contributed by atoms with E-state index in [0.717, 1.165) is 29.1 Å². The Morgan fingerprint density at radius 3 is 3.19 bits per heavy atom. The maximum Gasteiger partial charge on any atom is 0.230 e. The predicted octanol–water partition coefficient (Wildman–Crippen LogP) is 2.25. The number of anilines is 1. The van der Waals surface area contributed by atoms with Gasteiger partial charge in [-0.25, -0.2) is 15.0 Å². The molecule has 0 amide bonds. The van der Waals surface area contributed by atoms with Crippen molar-refractivity contribution >= 4 is 28.2 Å². The van der Waals surface area contributed by atoms with Crippen LogP contribution in [0.4, 0.5) is 11.5 Å². The van der Waals surface area contributed by atoms with E-state index in [0.29, 0.717) is 18.3 Å². The molecule has 5 rings (SSSR count). The second-order valence-electron chi connectivity index (χ2n) is 5.06. The molecular formula is C15H11N5O. The Bertz CT molecular complexity index is 898. The fourth-order valence-electron chi connectivity index (χ4n) is 2.85. The quantitative estimate of drug-likeness (QED) is 0.741. The van der Waals surface area contributed by atoms with Crippen LogP contribution in [-0.4, -0.2) is 33.9 Å². The lowest BCUT2D eigenvalue weighted by Crippen LogP contribution is -2.35. The molecule has 102 valence electrons. The molecule has 0 fully saturated rings. The minimum Gasteiger partial charge on any atom is -0.475 e. The van der Waals surface area contributed by atoms with Gasteiger partial charge in [0.2, 0.25) is 5.88 Å². The van der Waals surface area contributed by atoms with Gasteiger partial charge in [0.25, 0.3) is 0 Å². The van der Waals surface area contributed by atoms with Crippen molar-refractivity contribution in [2.24, 2.45) is 4.99 Å². The molecular weight excluding hydrogens is 266 g/mol. The molecule has 3 aromatic rings. The van der Waals surface area contributed by atoms with E-state index >= 15 is 0 Å². The fourth-order valence-corrected chi connectivity index (χ4v) is 2.85. The molecule has 0 bridgehead atoms. The number of nitrogens with one attached hydrogen (secondary N) is 1. The first-order valence-corrected chi connectivity index (χ1v) is 6.82. The third-order valence-electron chi connectivity index (χ3n) is 3.89. The molecule has 1 N–H and O–H groups in total. The molecule has 1 aromatic carbocycles. The standard InChI is InChI=1S/C15H11N5O/c1-2-11-9(3-4-16-11)7-10(1)20-5-6-21-15-12-13(17-8-18-15)19-14(12)20/h1-4,7-8,16H,5-6H2. The number of fused-ring (bicyclic) bond motifs is 1. The smallest absolute Gasteiger partial charge is 0.230 e. The highest BCUT2D eigenvalue weighted by Gasteiger charge is 2.33. The molecule has 2 aliphatic heterocycles. The van der Waals surface area contributed by atoms with Crippen molar-refractivity contribution in [3.8, 4) is 5.88 Å². The number of aromatic nitrogens is 3. The molecule has 2 aliphatic rings. The first kappa shape index (κ1) is 10.8. The van der Waals surface area contributed by atoms with Crippen molar-refractivity contribution in [2.75, 3.05) is 18.1 Å². The van der Waals surface area contributed by atoms with Crippen LogP contribution >= 0.6 is 0 Å². The topological polar surface area (TPSA) is 66.4 Å². The number of hydrogen-bond acceptors (Lipinski definition) is 5. The van der Waals surface area contributed by atoms with Crippen LogP contribution in [0.15, 0.2) is 41.8 Å². The van der Waals surface area contributed by atoms with Gasteiger partial charge in [-0.05, 0) is 24.3 Å². The van der Waals surface area contributed by atoms with E-state index in [2.05, 4.69) is 49.1 Å². The van der Waals surface area contributed by atoms with Gasteiger partial charge in [0, 0.05) is 22.8 Å². The van der Waals surface area contributed by atoms with Crippen molar-refractivity contribution in [1.29, 1.82) is 0 Å². The zero-order chi connectivity index (χ0) is 13.8. The molecule has 6 nitrogen and oxygen atoms in total. The summed E-state index contributed by atoms with van der Waals surface area (Å²) in [6.45, 7) is 1.32. The third-order valence-corrected chi connectivity index (χ3v) is 3.89. The summed E-state index contributed by atoms with van der Waals surface area (Å²) < 4.78 is 5.70.